The van der Waals surface area contributed by atoms with E-state index < -0.39 is 0 Å². The first-order valence-corrected chi connectivity index (χ1v) is 1.51. The van der Waals surface area contributed by atoms with Crippen LogP contribution in [-0.4, -0.2) is 73.8 Å². The maximum atomic E-state index is 7.94. The number of aliphatic hydroxyl groups excluding tert-OH is 1. The molecule has 0 aromatic rings. The SMILES string of the molecule is COCCO.[LiH].[NaH]. The van der Waals surface area contributed by atoms with Crippen molar-refractivity contribution in [3.63, 3.8) is 0 Å². The molecule has 0 saturated carbocycles. The van der Waals surface area contributed by atoms with Crippen LogP contribution in [0.5, 0.6) is 0 Å². The molecule has 0 spiro atoms. The standard InChI is InChI=1S/C3H8O2.Li.Na.2H/c1-5-3-2-4;;;;/h4H,2-3H2,1H3;;;;. The van der Waals surface area contributed by atoms with E-state index >= 15 is 0 Å². The van der Waals surface area contributed by atoms with Crippen LogP contribution in [0.3, 0.4) is 0 Å². The Morgan fingerprint density at radius 2 is 2.00 bits per heavy atom. The first kappa shape index (κ1) is 15.8. The van der Waals surface area contributed by atoms with Crippen molar-refractivity contribution in [3.05, 3.63) is 0 Å². The quantitative estimate of drug-likeness (QED) is 0.428. The van der Waals surface area contributed by atoms with E-state index in [0.717, 1.165) is 0 Å². The van der Waals surface area contributed by atoms with Gasteiger partial charge in [0.25, 0.3) is 0 Å². The Bertz CT molecular complexity index is 20.4. The summed E-state index contributed by atoms with van der Waals surface area (Å²) in [6.07, 6.45) is 0. The molecule has 0 saturated heterocycles. The first-order valence-electron chi connectivity index (χ1n) is 1.51. The van der Waals surface area contributed by atoms with Gasteiger partial charge >= 0.3 is 48.4 Å². The van der Waals surface area contributed by atoms with Gasteiger partial charge in [-0.1, -0.05) is 0 Å². The first-order chi connectivity index (χ1) is 2.41. The van der Waals surface area contributed by atoms with E-state index in [9.17, 15) is 0 Å². The van der Waals surface area contributed by atoms with Crippen molar-refractivity contribution < 1.29 is 9.84 Å². The van der Waals surface area contributed by atoms with E-state index in [2.05, 4.69) is 4.74 Å². The van der Waals surface area contributed by atoms with Crippen LogP contribution in [0.4, 0.5) is 0 Å². The van der Waals surface area contributed by atoms with E-state index in [1.54, 1.807) is 7.11 Å². The van der Waals surface area contributed by atoms with Crippen LogP contribution in [0.25, 0.3) is 0 Å². The fourth-order valence-corrected chi connectivity index (χ4v) is 0.0913. The molecule has 0 amide bonds. The summed E-state index contributed by atoms with van der Waals surface area (Å²) >= 11 is 0. The molecular weight excluding hydrogens is 98.0 g/mol. The van der Waals surface area contributed by atoms with Crippen molar-refractivity contribution in [1.82, 2.24) is 0 Å². The summed E-state index contributed by atoms with van der Waals surface area (Å²) in [4.78, 5) is 0. The Balaban J connectivity index is -0.0000000800. The van der Waals surface area contributed by atoms with Crippen molar-refractivity contribution >= 4 is 48.4 Å². The van der Waals surface area contributed by atoms with E-state index in [4.69, 9.17) is 5.11 Å². The molecule has 0 aromatic carbocycles. The van der Waals surface area contributed by atoms with Crippen molar-refractivity contribution in [3.8, 4) is 0 Å². The van der Waals surface area contributed by atoms with Crippen LogP contribution in [0.2, 0.25) is 0 Å². The van der Waals surface area contributed by atoms with Crippen molar-refractivity contribution in [2.24, 2.45) is 0 Å². The molecule has 36 valence electrons. The van der Waals surface area contributed by atoms with Gasteiger partial charge in [0.15, 0.2) is 0 Å². The van der Waals surface area contributed by atoms with Crippen molar-refractivity contribution in [2.45, 2.75) is 0 Å². The van der Waals surface area contributed by atoms with Gasteiger partial charge in [0.05, 0.1) is 13.2 Å². The van der Waals surface area contributed by atoms with Gasteiger partial charge in [0, 0.05) is 7.11 Å². The minimum absolute atomic E-state index is 0. The molecule has 0 aromatic heterocycles. The number of hydrogen-bond acceptors (Lipinski definition) is 2. The number of methoxy groups -OCH3 is 1. The van der Waals surface area contributed by atoms with Gasteiger partial charge in [-0.2, -0.15) is 0 Å². The molecule has 0 rings (SSSR count). The zero-order valence-electron chi connectivity index (χ0n) is 3.27. The van der Waals surface area contributed by atoms with E-state index in [0.29, 0.717) is 6.61 Å². The molecule has 1 N–H and O–H groups in total. The molecule has 0 unspecified atom stereocenters. The Morgan fingerprint density at radius 3 is 2.00 bits per heavy atom. The molecule has 2 nitrogen and oxygen atoms in total. The molecule has 0 atom stereocenters. The monoisotopic (exact) mass is 108 g/mol. The zero-order chi connectivity index (χ0) is 4.12. The Hall–Kier alpha value is 1.52. The van der Waals surface area contributed by atoms with Crippen LogP contribution in [0, 0.1) is 0 Å². The maximum absolute atomic E-state index is 7.94. The van der Waals surface area contributed by atoms with E-state index in [-0.39, 0.29) is 55.0 Å². The van der Waals surface area contributed by atoms with Crippen LogP contribution < -0.4 is 0 Å². The third kappa shape index (κ3) is 18.5. The number of hydrogen-bond donors (Lipinski definition) is 1. The zero-order valence-corrected chi connectivity index (χ0v) is 3.27. The second-order valence-corrected chi connectivity index (χ2v) is 0.716. The topological polar surface area (TPSA) is 29.5 Å². The predicted octanol–water partition coefficient (Wildman–Crippen LogP) is -1.67. The predicted molar refractivity (Wildman–Crippen MR) is 33.3 cm³/mol. The second kappa shape index (κ2) is 15.6. The fraction of sp³-hybridized carbons (Fsp3) is 1.00. The van der Waals surface area contributed by atoms with Gasteiger partial charge in [-0.05, 0) is 0 Å². The summed E-state index contributed by atoms with van der Waals surface area (Å²) in [6.45, 7) is 0.566. The Morgan fingerprint density at radius 1 is 1.57 bits per heavy atom. The number of ether oxygens (including phenoxy) is 1. The van der Waals surface area contributed by atoms with Crippen LogP contribution in [0.15, 0.2) is 0 Å². The van der Waals surface area contributed by atoms with Crippen LogP contribution in [0.1, 0.15) is 0 Å². The normalized spacial score (nSPS) is 6.00. The molecular formula is C3H10LiNaO2. The molecule has 0 aliphatic carbocycles. The van der Waals surface area contributed by atoms with Gasteiger partial charge in [-0.25, -0.2) is 0 Å². The second-order valence-electron chi connectivity index (χ2n) is 0.716. The summed E-state index contributed by atoms with van der Waals surface area (Å²) in [5.74, 6) is 0. The average molecular weight is 108 g/mol. The molecule has 0 radical (unpaired) electrons. The molecule has 0 fully saturated rings. The van der Waals surface area contributed by atoms with Gasteiger partial charge in [0.1, 0.15) is 0 Å². The molecule has 4 heteroatoms. The van der Waals surface area contributed by atoms with Gasteiger partial charge < -0.3 is 9.84 Å². The minimum atomic E-state index is 0. The summed E-state index contributed by atoms with van der Waals surface area (Å²) in [5, 5.41) is 7.94. The molecule has 0 aliphatic rings. The molecule has 0 bridgehead atoms. The van der Waals surface area contributed by atoms with Crippen LogP contribution in [-0.2, 0) is 4.74 Å². The molecule has 7 heavy (non-hydrogen) atoms. The Labute approximate surface area is 78.1 Å². The number of rotatable bonds is 2. The third-order valence-corrected chi connectivity index (χ3v) is 0.295. The van der Waals surface area contributed by atoms with Gasteiger partial charge in [-0.15, -0.1) is 0 Å². The van der Waals surface area contributed by atoms with Gasteiger partial charge in [-0.3, -0.25) is 0 Å². The summed E-state index contributed by atoms with van der Waals surface area (Å²) in [6, 6.07) is 0. The third-order valence-electron chi connectivity index (χ3n) is 0.295. The summed E-state index contributed by atoms with van der Waals surface area (Å²) < 4.78 is 4.44. The summed E-state index contributed by atoms with van der Waals surface area (Å²) in [5.41, 5.74) is 0. The van der Waals surface area contributed by atoms with Crippen molar-refractivity contribution in [1.29, 1.82) is 0 Å². The fourth-order valence-electron chi connectivity index (χ4n) is 0.0913. The molecule has 0 aliphatic heterocycles. The van der Waals surface area contributed by atoms with Crippen LogP contribution >= 0.6 is 0 Å². The van der Waals surface area contributed by atoms with Crippen molar-refractivity contribution in [2.75, 3.05) is 20.3 Å². The van der Waals surface area contributed by atoms with E-state index in [1.165, 1.54) is 0 Å². The molecule has 0 heterocycles. The number of aliphatic hydroxyl groups is 1. The summed E-state index contributed by atoms with van der Waals surface area (Å²) in [7, 11) is 1.55. The van der Waals surface area contributed by atoms with E-state index in [1.807, 2.05) is 0 Å². The Kier molecular flexibility index (Phi) is 35.3. The van der Waals surface area contributed by atoms with Gasteiger partial charge in [0.2, 0.25) is 0 Å². The average Bonchev–Trinajstić information content (AvgIpc) is 1.41.